The van der Waals surface area contributed by atoms with E-state index in [1.807, 2.05) is 0 Å². The van der Waals surface area contributed by atoms with Gasteiger partial charge >= 0.3 is 12.4 Å². The molecule has 1 aliphatic rings. The summed E-state index contributed by atoms with van der Waals surface area (Å²) in [5.41, 5.74) is -1.74. The molecule has 2 aromatic carbocycles. The van der Waals surface area contributed by atoms with Gasteiger partial charge in [0.15, 0.2) is 0 Å². The van der Waals surface area contributed by atoms with E-state index >= 15 is 0 Å². The van der Waals surface area contributed by atoms with Crippen molar-refractivity contribution in [2.45, 2.75) is 36.6 Å². The normalized spacial score (nSPS) is 15.8. The Morgan fingerprint density at radius 3 is 2.11 bits per heavy atom. The van der Waals surface area contributed by atoms with Crippen molar-refractivity contribution >= 4 is 10.0 Å². The lowest BCUT2D eigenvalue weighted by atomic mass is 10.0. The third-order valence-electron chi connectivity index (χ3n) is 5.68. The number of benzene rings is 2. The number of nitrogens with zero attached hydrogens (tertiary/aromatic N) is 2. The van der Waals surface area contributed by atoms with Crippen LogP contribution >= 0.6 is 0 Å². The Morgan fingerprint density at radius 1 is 0.861 bits per heavy atom. The van der Waals surface area contributed by atoms with Crippen molar-refractivity contribution in [1.29, 1.82) is 0 Å². The zero-order valence-electron chi connectivity index (χ0n) is 18.6. The molecule has 1 aromatic heterocycles. The molecule has 4 rings (SSSR count). The summed E-state index contributed by atoms with van der Waals surface area (Å²) in [5, 5.41) is 0. The minimum Gasteiger partial charge on any atom is -0.477 e. The largest absolute Gasteiger partial charge is 0.477 e. The molecular weight excluding hydrogens is 510 g/mol. The third kappa shape index (κ3) is 5.49. The first-order valence-electron chi connectivity index (χ1n) is 10.8. The smallest absolute Gasteiger partial charge is 0.416 e. The van der Waals surface area contributed by atoms with Crippen LogP contribution in [0.2, 0.25) is 0 Å². The van der Waals surface area contributed by atoms with Crippen LogP contribution in [0.5, 0.6) is 5.88 Å². The van der Waals surface area contributed by atoms with Gasteiger partial charge in [-0.1, -0.05) is 30.3 Å². The highest BCUT2D eigenvalue weighted by atomic mass is 32.2. The lowest BCUT2D eigenvalue weighted by Crippen LogP contribution is -2.32. The molecule has 36 heavy (non-hydrogen) atoms. The van der Waals surface area contributed by atoms with Gasteiger partial charge in [0.1, 0.15) is 0 Å². The lowest BCUT2D eigenvalue weighted by Gasteiger charge is -2.24. The average molecular weight is 530 g/mol. The van der Waals surface area contributed by atoms with E-state index in [4.69, 9.17) is 4.74 Å². The summed E-state index contributed by atoms with van der Waals surface area (Å²) in [6.07, 6.45) is -8.19. The molecule has 1 aliphatic heterocycles. The first-order valence-corrected chi connectivity index (χ1v) is 12.3. The van der Waals surface area contributed by atoms with Crippen LogP contribution in [0.25, 0.3) is 11.1 Å². The van der Waals surface area contributed by atoms with Crippen LogP contribution in [0, 0.1) is 0 Å². The van der Waals surface area contributed by atoms with Crippen molar-refractivity contribution in [3.8, 4) is 17.0 Å². The summed E-state index contributed by atoms with van der Waals surface area (Å²) in [6.45, 7) is -0.271. The number of alkyl halides is 6. The molecule has 0 saturated heterocycles. The summed E-state index contributed by atoms with van der Waals surface area (Å²) >= 11 is 0. The van der Waals surface area contributed by atoms with Crippen molar-refractivity contribution in [1.82, 2.24) is 9.29 Å². The van der Waals surface area contributed by atoms with Gasteiger partial charge in [-0.25, -0.2) is 13.4 Å². The SMILES string of the molecule is O=S(=O)(c1cc(C(F)(F)F)cc(C(F)(F)F)c1)N1CCCCOc2nccc(-c3ccccc3)c2C1. The summed E-state index contributed by atoms with van der Waals surface area (Å²) in [7, 11) is -4.77. The Labute approximate surface area is 203 Å². The van der Waals surface area contributed by atoms with E-state index in [-0.39, 0.29) is 50.2 Å². The predicted molar refractivity (Wildman–Crippen MR) is 118 cm³/mol. The monoisotopic (exact) mass is 530 g/mol. The van der Waals surface area contributed by atoms with Crippen molar-refractivity contribution in [2.75, 3.05) is 13.2 Å². The number of pyridine rings is 1. The molecule has 0 spiro atoms. The van der Waals surface area contributed by atoms with E-state index < -0.39 is 38.4 Å². The highest BCUT2D eigenvalue weighted by Gasteiger charge is 2.39. The molecule has 0 N–H and O–H groups in total. The van der Waals surface area contributed by atoms with Crippen LogP contribution < -0.4 is 4.74 Å². The van der Waals surface area contributed by atoms with Crippen molar-refractivity contribution in [2.24, 2.45) is 0 Å². The van der Waals surface area contributed by atoms with E-state index in [1.165, 1.54) is 6.20 Å². The topological polar surface area (TPSA) is 59.5 Å². The average Bonchev–Trinajstić information content (AvgIpc) is 2.93. The highest BCUT2D eigenvalue weighted by molar-refractivity contribution is 7.89. The standard InChI is InChI=1S/C24H20F6N2O3S/c25-23(26,27)17-12-18(24(28,29)30)14-19(13-17)36(33,34)32-10-4-5-11-35-22-21(15-32)20(8-9-31-22)16-6-2-1-3-7-16/h1-3,6-9,12-14H,4-5,10-11,15H2. The quantitative estimate of drug-likeness (QED) is 0.381. The molecule has 0 bridgehead atoms. The van der Waals surface area contributed by atoms with E-state index in [9.17, 15) is 34.8 Å². The molecule has 12 heteroatoms. The van der Waals surface area contributed by atoms with Crippen LogP contribution in [0.4, 0.5) is 26.3 Å². The number of sulfonamides is 1. The molecule has 5 nitrogen and oxygen atoms in total. The number of aromatic nitrogens is 1. The van der Waals surface area contributed by atoms with Crippen LogP contribution in [0.3, 0.4) is 0 Å². The summed E-state index contributed by atoms with van der Waals surface area (Å²) in [5.74, 6) is 0.151. The predicted octanol–water partition coefficient (Wildman–Crippen LogP) is 6.15. The molecule has 0 aliphatic carbocycles. The van der Waals surface area contributed by atoms with Crippen molar-refractivity contribution in [3.05, 3.63) is 77.5 Å². The van der Waals surface area contributed by atoms with Gasteiger partial charge in [0, 0.05) is 24.8 Å². The number of hydrogen-bond acceptors (Lipinski definition) is 4. The zero-order chi connectivity index (χ0) is 26.1. The van der Waals surface area contributed by atoms with Gasteiger partial charge in [0.05, 0.1) is 22.6 Å². The summed E-state index contributed by atoms with van der Waals surface area (Å²) < 4.78 is 114. The van der Waals surface area contributed by atoms with Gasteiger partial charge in [-0.2, -0.15) is 30.6 Å². The van der Waals surface area contributed by atoms with Gasteiger partial charge in [0.2, 0.25) is 15.9 Å². The molecule has 3 aromatic rings. The molecule has 0 radical (unpaired) electrons. The number of hydrogen-bond donors (Lipinski definition) is 0. The second-order valence-electron chi connectivity index (χ2n) is 8.14. The Bertz CT molecular complexity index is 1310. The fourth-order valence-electron chi connectivity index (χ4n) is 3.88. The molecule has 0 amide bonds. The van der Waals surface area contributed by atoms with Crippen LogP contribution in [-0.4, -0.2) is 30.9 Å². The molecule has 192 valence electrons. The minimum atomic E-state index is -5.18. The van der Waals surface area contributed by atoms with Gasteiger partial charge in [-0.15, -0.1) is 0 Å². The number of rotatable bonds is 3. The van der Waals surface area contributed by atoms with E-state index in [1.54, 1.807) is 36.4 Å². The molecule has 0 saturated carbocycles. The second-order valence-corrected chi connectivity index (χ2v) is 10.1. The van der Waals surface area contributed by atoms with Crippen molar-refractivity contribution < 1.29 is 39.5 Å². The van der Waals surface area contributed by atoms with Gasteiger partial charge in [-0.3, -0.25) is 0 Å². The van der Waals surface area contributed by atoms with E-state index in [0.29, 0.717) is 17.5 Å². The maximum absolute atomic E-state index is 13.5. The lowest BCUT2D eigenvalue weighted by molar-refractivity contribution is -0.143. The highest BCUT2D eigenvalue weighted by Crippen LogP contribution is 2.39. The van der Waals surface area contributed by atoms with E-state index in [0.717, 1.165) is 9.87 Å². The second kappa shape index (κ2) is 9.74. The molecule has 0 unspecified atom stereocenters. The van der Waals surface area contributed by atoms with Crippen LogP contribution in [-0.2, 0) is 28.9 Å². The maximum Gasteiger partial charge on any atom is 0.416 e. The molecule has 0 atom stereocenters. The Morgan fingerprint density at radius 2 is 1.50 bits per heavy atom. The molecular formula is C24H20F6N2O3S. The first-order chi connectivity index (χ1) is 16.9. The fourth-order valence-corrected chi connectivity index (χ4v) is 5.40. The van der Waals surface area contributed by atoms with Gasteiger partial charge in [-0.05, 0) is 48.2 Å². The number of fused-ring (bicyclic) bond motifs is 1. The first kappa shape index (κ1) is 26.0. The number of halogens is 6. The zero-order valence-corrected chi connectivity index (χ0v) is 19.4. The number of ether oxygens (including phenoxy) is 1. The maximum atomic E-state index is 13.5. The van der Waals surface area contributed by atoms with Crippen molar-refractivity contribution in [3.63, 3.8) is 0 Å². The Hall–Kier alpha value is -3.12. The fraction of sp³-hybridized carbons (Fsp3) is 0.292. The summed E-state index contributed by atoms with van der Waals surface area (Å²) in [4.78, 5) is 3.10. The Kier molecular flexibility index (Phi) is 7.02. The van der Waals surface area contributed by atoms with Crippen LogP contribution in [0.1, 0.15) is 29.5 Å². The Balaban J connectivity index is 1.84. The minimum absolute atomic E-state index is 0.0991. The van der Waals surface area contributed by atoms with Gasteiger partial charge < -0.3 is 4.74 Å². The third-order valence-corrected chi connectivity index (χ3v) is 7.50. The van der Waals surface area contributed by atoms with E-state index in [2.05, 4.69) is 4.98 Å². The molecule has 2 heterocycles. The summed E-state index contributed by atoms with van der Waals surface area (Å²) in [6, 6.07) is 10.9. The van der Waals surface area contributed by atoms with Gasteiger partial charge in [0.25, 0.3) is 0 Å². The molecule has 0 fully saturated rings. The van der Waals surface area contributed by atoms with Crippen LogP contribution in [0.15, 0.2) is 65.7 Å².